The lowest BCUT2D eigenvalue weighted by Gasteiger charge is -2.09. The van der Waals surface area contributed by atoms with Gasteiger partial charge in [-0.3, -0.25) is 4.79 Å². The lowest BCUT2D eigenvalue weighted by atomic mass is 10.2. The molecule has 1 heterocycles. The van der Waals surface area contributed by atoms with Crippen molar-refractivity contribution in [2.75, 3.05) is 12.4 Å². The zero-order valence-corrected chi connectivity index (χ0v) is 10.6. The first-order chi connectivity index (χ1) is 9.13. The number of carbonyl (C=O) groups is 2. The highest BCUT2D eigenvalue weighted by molar-refractivity contribution is 6.06. The van der Waals surface area contributed by atoms with Crippen molar-refractivity contribution in [1.82, 2.24) is 9.55 Å². The number of hydrogen-bond acceptors (Lipinski definition) is 4. The Hall–Kier alpha value is -2.63. The summed E-state index contributed by atoms with van der Waals surface area (Å²) in [5, 5.41) is 2.65. The maximum absolute atomic E-state index is 12.0. The van der Waals surface area contributed by atoms with E-state index in [0.29, 0.717) is 11.3 Å². The van der Waals surface area contributed by atoms with Gasteiger partial charge in [-0.25, -0.2) is 9.78 Å². The first kappa shape index (κ1) is 12.8. The minimum absolute atomic E-state index is 0.264. The molecule has 19 heavy (non-hydrogen) atoms. The van der Waals surface area contributed by atoms with E-state index >= 15 is 0 Å². The van der Waals surface area contributed by atoms with Gasteiger partial charge in [-0.1, -0.05) is 12.1 Å². The SMILES string of the molecule is COC(=O)c1ccccc1NC(=O)c1nccn1C. The van der Waals surface area contributed by atoms with E-state index in [1.165, 1.54) is 13.3 Å². The zero-order chi connectivity index (χ0) is 13.8. The summed E-state index contributed by atoms with van der Waals surface area (Å²) in [4.78, 5) is 27.5. The van der Waals surface area contributed by atoms with Crippen LogP contribution in [0.2, 0.25) is 0 Å². The number of benzene rings is 1. The highest BCUT2D eigenvalue weighted by atomic mass is 16.5. The number of esters is 1. The van der Waals surface area contributed by atoms with Crippen molar-refractivity contribution < 1.29 is 14.3 Å². The summed E-state index contributed by atoms with van der Waals surface area (Å²) in [7, 11) is 3.01. The third-order valence-electron chi connectivity index (χ3n) is 2.60. The van der Waals surface area contributed by atoms with Crippen molar-refractivity contribution in [3.8, 4) is 0 Å². The zero-order valence-electron chi connectivity index (χ0n) is 10.6. The van der Waals surface area contributed by atoms with Crippen LogP contribution in [0, 0.1) is 0 Å². The fraction of sp³-hybridized carbons (Fsp3) is 0.154. The fourth-order valence-corrected chi connectivity index (χ4v) is 1.64. The van der Waals surface area contributed by atoms with Crippen molar-refractivity contribution in [2.24, 2.45) is 7.05 Å². The van der Waals surface area contributed by atoms with Crippen molar-refractivity contribution in [1.29, 1.82) is 0 Å². The number of anilines is 1. The van der Waals surface area contributed by atoms with Gasteiger partial charge in [0.25, 0.3) is 5.91 Å². The number of nitrogens with zero attached hydrogens (tertiary/aromatic N) is 2. The maximum Gasteiger partial charge on any atom is 0.339 e. The molecule has 2 rings (SSSR count). The molecule has 98 valence electrons. The van der Waals surface area contributed by atoms with Crippen LogP contribution in [0.1, 0.15) is 21.0 Å². The van der Waals surface area contributed by atoms with E-state index in [1.807, 2.05) is 0 Å². The first-order valence-electron chi connectivity index (χ1n) is 5.59. The number of hydrogen-bond donors (Lipinski definition) is 1. The molecule has 0 aliphatic heterocycles. The molecule has 1 aromatic heterocycles. The fourth-order valence-electron chi connectivity index (χ4n) is 1.64. The van der Waals surface area contributed by atoms with E-state index in [0.717, 1.165) is 0 Å². The van der Waals surface area contributed by atoms with Gasteiger partial charge in [0, 0.05) is 19.4 Å². The van der Waals surface area contributed by atoms with Crippen LogP contribution in [0.3, 0.4) is 0 Å². The van der Waals surface area contributed by atoms with Crippen LogP contribution < -0.4 is 5.32 Å². The van der Waals surface area contributed by atoms with Crippen LogP contribution in [0.4, 0.5) is 5.69 Å². The van der Waals surface area contributed by atoms with Gasteiger partial charge in [-0.05, 0) is 12.1 Å². The predicted molar refractivity (Wildman–Crippen MR) is 68.9 cm³/mol. The van der Waals surface area contributed by atoms with Gasteiger partial charge in [0.05, 0.1) is 18.4 Å². The smallest absolute Gasteiger partial charge is 0.339 e. The third kappa shape index (κ3) is 2.62. The van der Waals surface area contributed by atoms with E-state index in [9.17, 15) is 9.59 Å². The second-order valence-corrected chi connectivity index (χ2v) is 3.85. The predicted octanol–water partition coefficient (Wildman–Crippen LogP) is 1.46. The Bertz CT molecular complexity index is 619. The second kappa shape index (κ2) is 5.34. The third-order valence-corrected chi connectivity index (χ3v) is 2.60. The topological polar surface area (TPSA) is 73.2 Å². The van der Waals surface area contributed by atoms with Gasteiger partial charge in [0.1, 0.15) is 0 Å². The van der Waals surface area contributed by atoms with E-state index in [-0.39, 0.29) is 11.7 Å². The van der Waals surface area contributed by atoms with Crippen LogP contribution in [0.5, 0.6) is 0 Å². The molecular formula is C13H13N3O3. The molecule has 0 aliphatic carbocycles. The molecule has 1 amide bonds. The lowest BCUT2D eigenvalue weighted by Crippen LogP contribution is -2.18. The molecule has 0 radical (unpaired) electrons. The van der Waals surface area contributed by atoms with Crippen molar-refractivity contribution >= 4 is 17.6 Å². The summed E-state index contributed by atoms with van der Waals surface area (Å²) in [6.45, 7) is 0. The summed E-state index contributed by atoms with van der Waals surface area (Å²) in [5.41, 5.74) is 0.690. The molecule has 0 saturated heterocycles. The Labute approximate surface area is 110 Å². The van der Waals surface area contributed by atoms with Crippen LogP contribution in [0.15, 0.2) is 36.7 Å². The molecule has 0 bridgehead atoms. The number of amides is 1. The minimum atomic E-state index is -0.504. The monoisotopic (exact) mass is 259 g/mol. The van der Waals surface area contributed by atoms with Gasteiger partial charge in [0.2, 0.25) is 0 Å². The Morgan fingerprint density at radius 2 is 2.05 bits per heavy atom. The van der Waals surface area contributed by atoms with E-state index in [4.69, 9.17) is 0 Å². The molecule has 6 nitrogen and oxygen atoms in total. The number of nitrogens with one attached hydrogen (secondary N) is 1. The summed E-state index contributed by atoms with van der Waals surface area (Å²) in [6.07, 6.45) is 3.20. The summed E-state index contributed by atoms with van der Waals surface area (Å²) in [5.74, 6) is -0.626. The average Bonchev–Trinajstić information content (AvgIpc) is 2.85. The minimum Gasteiger partial charge on any atom is -0.465 e. The molecule has 6 heteroatoms. The molecule has 0 unspecified atom stereocenters. The maximum atomic E-state index is 12.0. The summed E-state index contributed by atoms with van der Waals surface area (Å²) in [6, 6.07) is 6.64. The van der Waals surface area contributed by atoms with Gasteiger partial charge in [-0.15, -0.1) is 0 Å². The Morgan fingerprint density at radius 1 is 1.32 bits per heavy atom. The number of methoxy groups -OCH3 is 1. The van der Waals surface area contributed by atoms with Crippen LogP contribution in [-0.4, -0.2) is 28.5 Å². The summed E-state index contributed by atoms with van der Waals surface area (Å²) < 4.78 is 6.26. The van der Waals surface area contributed by atoms with Gasteiger partial charge in [-0.2, -0.15) is 0 Å². The Morgan fingerprint density at radius 3 is 2.68 bits per heavy atom. The molecule has 2 aromatic rings. The number of aromatic nitrogens is 2. The lowest BCUT2D eigenvalue weighted by molar-refractivity contribution is 0.0602. The number of ether oxygens (including phenoxy) is 1. The van der Waals surface area contributed by atoms with Gasteiger partial charge < -0.3 is 14.6 Å². The van der Waals surface area contributed by atoms with Crippen molar-refractivity contribution in [3.05, 3.63) is 48.0 Å². The second-order valence-electron chi connectivity index (χ2n) is 3.85. The van der Waals surface area contributed by atoms with Gasteiger partial charge in [0.15, 0.2) is 5.82 Å². The molecule has 0 fully saturated rings. The van der Waals surface area contributed by atoms with Crippen LogP contribution >= 0.6 is 0 Å². The number of aryl methyl sites for hydroxylation is 1. The molecule has 0 aliphatic rings. The van der Waals surface area contributed by atoms with Crippen LogP contribution in [-0.2, 0) is 11.8 Å². The Balaban J connectivity index is 2.27. The van der Waals surface area contributed by atoms with E-state index in [1.54, 1.807) is 42.1 Å². The number of carbonyl (C=O) groups excluding carboxylic acids is 2. The molecular weight excluding hydrogens is 246 g/mol. The highest BCUT2D eigenvalue weighted by Crippen LogP contribution is 2.16. The highest BCUT2D eigenvalue weighted by Gasteiger charge is 2.16. The standard InChI is InChI=1S/C13H13N3O3/c1-16-8-7-14-11(16)12(17)15-10-6-4-3-5-9(10)13(18)19-2/h3-8H,1-2H3,(H,15,17). The largest absolute Gasteiger partial charge is 0.465 e. The quantitative estimate of drug-likeness (QED) is 0.847. The Kier molecular flexibility index (Phi) is 3.61. The van der Waals surface area contributed by atoms with Crippen molar-refractivity contribution in [3.63, 3.8) is 0 Å². The number of imidazole rings is 1. The van der Waals surface area contributed by atoms with Crippen LogP contribution in [0.25, 0.3) is 0 Å². The molecule has 1 aromatic carbocycles. The first-order valence-corrected chi connectivity index (χ1v) is 5.59. The average molecular weight is 259 g/mol. The van der Waals surface area contributed by atoms with E-state index in [2.05, 4.69) is 15.0 Å². The normalized spacial score (nSPS) is 10.0. The molecule has 0 spiro atoms. The molecule has 0 atom stereocenters. The number of rotatable bonds is 3. The molecule has 0 saturated carbocycles. The van der Waals surface area contributed by atoms with Gasteiger partial charge >= 0.3 is 5.97 Å². The van der Waals surface area contributed by atoms with Crippen molar-refractivity contribution in [2.45, 2.75) is 0 Å². The van der Waals surface area contributed by atoms with E-state index < -0.39 is 5.97 Å². The molecule has 1 N–H and O–H groups in total. The number of para-hydroxylation sites is 1. The summed E-state index contributed by atoms with van der Waals surface area (Å²) >= 11 is 0.